The van der Waals surface area contributed by atoms with E-state index < -0.39 is 24.5 Å². The van der Waals surface area contributed by atoms with Crippen LogP contribution in [0, 0.1) is 5.82 Å². The van der Waals surface area contributed by atoms with Gasteiger partial charge in [0.1, 0.15) is 12.7 Å². The molecule has 0 aromatic heterocycles. The molecule has 7 heteroatoms. The molecule has 1 unspecified atom stereocenters. The average Bonchev–Trinajstić information content (AvgIpc) is 2.40. The second-order valence-electron chi connectivity index (χ2n) is 4.67. The van der Waals surface area contributed by atoms with Crippen molar-refractivity contribution in [1.82, 2.24) is 5.32 Å². The molecule has 2 N–H and O–H groups in total. The van der Waals surface area contributed by atoms with Gasteiger partial charge < -0.3 is 15.2 Å². The van der Waals surface area contributed by atoms with E-state index in [-0.39, 0.29) is 25.3 Å². The number of halogens is 4. The molecule has 0 amide bonds. The summed E-state index contributed by atoms with van der Waals surface area (Å²) < 4.78 is 54.0. The van der Waals surface area contributed by atoms with Crippen molar-refractivity contribution >= 4 is 0 Å². The molecular weight excluding hydrogens is 290 g/mol. The fraction of sp³-hybridized carbons (Fsp3) is 0.571. The smallest absolute Gasteiger partial charge is 0.389 e. The lowest BCUT2D eigenvalue weighted by atomic mass is 10.2. The minimum Gasteiger partial charge on any atom is -0.488 e. The monoisotopic (exact) mass is 309 g/mol. The minimum atomic E-state index is -4.12. The van der Waals surface area contributed by atoms with Crippen LogP contribution in [0.15, 0.2) is 24.3 Å². The predicted octanol–water partition coefficient (Wildman–Crippen LogP) is 2.89. The van der Waals surface area contributed by atoms with E-state index in [1.54, 1.807) is 6.07 Å². The van der Waals surface area contributed by atoms with Crippen molar-refractivity contribution in [1.29, 1.82) is 0 Å². The number of hydrogen-bond acceptors (Lipinski definition) is 3. The Balaban J connectivity index is 2.07. The lowest BCUT2D eigenvalue weighted by Gasteiger charge is -2.13. The van der Waals surface area contributed by atoms with Gasteiger partial charge in [0, 0.05) is 13.0 Å². The van der Waals surface area contributed by atoms with Crippen LogP contribution in [0.4, 0.5) is 17.6 Å². The summed E-state index contributed by atoms with van der Waals surface area (Å²) in [4.78, 5) is 0. The quantitative estimate of drug-likeness (QED) is 0.544. The van der Waals surface area contributed by atoms with Crippen molar-refractivity contribution in [3.05, 3.63) is 30.1 Å². The molecule has 1 atom stereocenters. The van der Waals surface area contributed by atoms with Gasteiger partial charge in [0.2, 0.25) is 0 Å². The van der Waals surface area contributed by atoms with Crippen LogP contribution in [0.3, 0.4) is 0 Å². The molecular formula is C14H19F4NO2. The molecule has 1 rings (SSSR count). The first kappa shape index (κ1) is 17.7. The summed E-state index contributed by atoms with van der Waals surface area (Å²) in [6.07, 6.45) is -5.34. The van der Waals surface area contributed by atoms with Crippen LogP contribution >= 0.6 is 0 Å². The van der Waals surface area contributed by atoms with Crippen molar-refractivity contribution in [2.24, 2.45) is 0 Å². The number of aliphatic hydroxyl groups excluding tert-OH is 1. The Bertz CT molecular complexity index is 412. The van der Waals surface area contributed by atoms with Crippen LogP contribution in [-0.2, 0) is 0 Å². The molecule has 0 aliphatic carbocycles. The van der Waals surface area contributed by atoms with Crippen LogP contribution in [-0.4, -0.2) is 37.1 Å². The third-order valence-electron chi connectivity index (χ3n) is 2.71. The molecule has 0 heterocycles. The Hall–Kier alpha value is -1.34. The lowest BCUT2D eigenvalue weighted by Crippen LogP contribution is -2.32. The van der Waals surface area contributed by atoms with Crippen molar-refractivity contribution in [3.8, 4) is 5.75 Å². The molecule has 0 fully saturated rings. The first-order valence-corrected chi connectivity index (χ1v) is 6.71. The Morgan fingerprint density at radius 3 is 2.57 bits per heavy atom. The Morgan fingerprint density at radius 1 is 1.19 bits per heavy atom. The SMILES string of the molecule is OC(CNCCCCC(F)(F)F)COc1ccccc1F. The maximum atomic E-state index is 13.2. The van der Waals surface area contributed by atoms with E-state index in [0.29, 0.717) is 13.0 Å². The third kappa shape index (κ3) is 8.52. The van der Waals surface area contributed by atoms with Gasteiger partial charge >= 0.3 is 6.18 Å². The second kappa shape index (κ2) is 8.84. The Labute approximate surface area is 120 Å². The molecule has 0 aliphatic rings. The van der Waals surface area contributed by atoms with Gasteiger partial charge in [0.25, 0.3) is 0 Å². The summed E-state index contributed by atoms with van der Waals surface area (Å²) in [5.41, 5.74) is 0. The predicted molar refractivity (Wildman–Crippen MR) is 70.7 cm³/mol. The summed E-state index contributed by atoms with van der Waals surface area (Å²) >= 11 is 0. The zero-order valence-corrected chi connectivity index (χ0v) is 11.5. The van der Waals surface area contributed by atoms with E-state index in [9.17, 15) is 22.7 Å². The van der Waals surface area contributed by atoms with Crippen LogP contribution in [0.25, 0.3) is 0 Å². The summed E-state index contributed by atoms with van der Waals surface area (Å²) in [7, 11) is 0. The highest BCUT2D eigenvalue weighted by Gasteiger charge is 2.25. The summed E-state index contributed by atoms with van der Waals surface area (Å²) in [6, 6.07) is 5.85. The van der Waals surface area contributed by atoms with Crippen LogP contribution in [0.1, 0.15) is 19.3 Å². The molecule has 0 saturated heterocycles. The first-order chi connectivity index (χ1) is 9.88. The fourth-order valence-corrected chi connectivity index (χ4v) is 1.65. The second-order valence-corrected chi connectivity index (χ2v) is 4.67. The molecule has 0 bridgehead atoms. The zero-order chi connectivity index (χ0) is 15.7. The van der Waals surface area contributed by atoms with E-state index >= 15 is 0 Å². The number of aliphatic hydroxyl groups is 1. The third-order valence-corrected chi connectivity index (χ3v) is 2.71. The normalized spacial score (nSPS) is 13.2. The number of rotatable bonds is 9. The van der Waals surface area contributed by atoms with Crippen LogP contribution in [0.2, 0.25) is 0 Å². The van der Waals surface area contributed by atoms with Gasteiger partial charge in [-0.1, -0.05) is 12.1 Å². The maximum Gasteiger partial charge on any atom is 0.389 e. The van der Waals surface area contributed by atoms with E-state index in [0.717, 1.165) is 0 Å². The highest BCUT2D eigenvalue weighted by molar-refractivity contribution is 5.23. The van der Waals surface area contributed by atoms with E-state index in [4.69, 9.17) is 4.74 Å². The van der Waals surface area contributed by atoms with Gasteiger partial charge in [-0.2, -0.15) is 13.2 Å². The topological polar surface area (TPSA) is 41.5 Å². The number of benzene rings is 1. The Kier molecular flexibility index (Phi) is 7.45. The van der Waals surface area contributed by atoms with Gasteiger partial charge in [-0.05, 0) is 31.5 Å². The van der Waals surface area contributed by atoms with E-state index in [2.05, 4.69) is 5.32 Å². The highest BCUT2D eigenvalue weighted by Crippen LogP contribution is 2.21. The number of unbranched alkanes of at least 4 members (excludes halogenated alkanes) is 1. The molecule has 0 aliphatic heterocycles. The number of ether oxygens (including phenoxy) is 1. The number of nitrogens with one attached hydrogen (secondary N) is 1. The van der Waals surface area contributed by atoms with Gasteiger partial charge in [0.05, 0.1) is 0 Å². The molecule has 0 radical (unpaired) electrons. The number of hydrogen-bond donors (Lipinski definition) is 2. The van der Waals surface area contributed by atoms with Crippen molar-refractivity contribution in [2.75, 3.05) is 19.7 Å². The van der Waals surface area contributed by atoms with Crippen molar-refractivity contribution in [3.63, 3.8) is 0 Å². The molecule has 0 saturated carbocycles. The van der Waals surface area contributed by atoms with Gasteiger partial charge in [0.15, 0.2) is 11.6 Å². The van der Waals surface area contributed by atoms with Crippen LogP contribution < -0.4 is 10.1 Å². The lowest BCUT2D eigenvalue weighted by molar-refractivity contribution is -0.135. The number of para-hydroxylation sites is 1. The standard InChI is InChI=1S/C14H19F4NO2/c15-12-5-1-2-6-13(12)21-10-11(20)9-19-8-4-3-7-14(16,17)18/h1-2,5-6,11,19-20H,3-4,7-10H2. The van der Waals surface area contributed by atoms with Crippen LogP contribution in [0.5, 0.6) is 5.75 Å². The Morgan fingerprint density at radius 2 is 1.90 bits per heavy atom. The molecule has 1 aromatic rings. The molecule has 21 heavy (non-hydrogen) atoms. The highest BCUT2D eigenvalue weighted by atomic mass is 19.4. The largest absolute Gasteiger partial charge is 0.488 e. The van der Waals surface area contributed by atoms with Crippen molar-refractivity contribution < 1.29 is 27.4 Å². The zero-order valence-electron chi connectivity index (χ0n) is 11.5. The molecule has 120 valence electrons. The van der Waals surface area contributed by atoms with Gasteiger partial charge in [-0.25, -0.2) is 4.39 Å². The fourth-order valence-electron chi connectivity index (χ4n) is 1.65. The first-order valence-electron chi connectivity index (χ1n) is 6.71. The molecule has 3 nitrogen and oxygen atoms in total. The van der Waals surface area contributed by atoms with Gasteiger partial charge in [-0.15, -0.1) is 0 Å². The van der Waals surface area contributed by atoms with Gasteiger partial charge in [-0.3, -0.25) is 0 Å². The molecule has 0 spiro atoms. The number of alkyl halides is 3. The maximum absolute atomic E-state index is 13.2. The van der Waals surface area contributed by atoms with Crippen molar-refractivity contribution in [2.45, 2.75) is 31.5 Å². The molecule has 1 aromatic carbocycles. The van der Waals surface area contributed by atoms with E-state index in [1.807, 2.05) is 0 Å². The average molecular weight is 309 g/mol. The van der Waals surface area contributed by atoms with E-state index in [1.165, 1.54) is 18.2 Å². The summed E-state index contributed by atoms with van der Waals surface area (Å²) in [5, 5.41) is 12.4. The minimum absolute atomic E-state index is 0.0539. The summed E-state index contributed by atoms with van der Waals surface area (Å²) in [6.45, 7) is 0.476. The summed E-state index contributed by atoms with van der Waals surface area (Å²) in [5.74, 6) is -0.452.